The summed E-state index contributed by atoms with van der Waals surface area (Å²) in [6.07, 6.45) is 1.31. The van der Waals surface area contributed by atoms with Crippen molar-refractivity contribution in [1.82, 2.24) is 10.5 Å². The summed E-state index contributed by atoms with van der Waals surface area (Å²) in [5.41, 5.74) is 2.15. The number of fused-ring (bicyclic) bond motifs is 1. The number of nitrogens with zero attached hydrogens (tertiary/aromatic N) is 1. The Morgan fingerprint density at radius 3 is 2.83 bits per heavy atom. The molecule has 0 bridgehead atoms. The largest absolute Gasteiger partial charge is 0.363 e. The SMILES string of the molecule is O=S(=O)(Nc1ccon1)c1ccc2c(c1)CNC2. The molecule has 0 unspecified atom stereocenters. The number of sulfonamides is 1. The second-order valence-corrected chi connectivity index (χ2v) is 5.71. The van der Waals surface area contributed by atoms with Crippen LogP contribution in [0.15, 0.2) is 39.9 Å². The maximum absolute atomic E-state index is 12.1. The van der Waals surface area contributed by atoms with Gasteiger partial charge in [0.2, 0.25) is 0 Å². The number of anilines is 1. The zero-order chi connectivity index (χ0) is 12.6. The van der Waals surface area contributed by atoms with Crippen LogP contribution in [0.1, 0.15) is 11.1 Å². The van der Waals surface area contributed by atoms with Crippen LogP contribution in [-0.4, -0.2) is 13.6 Å². The van der Waals surface area contributed by atoms with Gasteiger partial charge in [0.25, 0.3) is 10.0 Å². The van der Waals surface area contributed by atoms with Gasteiger partial charge in [-0.05, 0) is 23.3 Å². The van der Waals surface area contributed by atoms with Crippen molar-refractivity contribution in [3.05, 3.63) is 41.7 Å². The van der Waals surface area contributed by atoms with Gasteiger partial charge in [-0.1, -0.05) is 11.2 Å². The molecular weight excluding hydrogens is 254 g/mol. The van der Waals surface area contributed by atoms with Crippen LogP contribution in [0.3, 0.4) is 0 Å². The molecule has 0 amide bonds. The van der Waals surface area contributed by atoms with Crippen LogP contribution in [-0.2, 0) is 23.1 Å². The lowest BCUT2D eigenvalue weighted by Crippen LogP contribution is -2.13. The van der Waals surface area contributed by atoms with Gasteiger partial charge >= 0.3 is 0 Å². The summed E-state index contributed by atoms with van der Waals surface area (Å²) in [4.78, 5) is 0.230. The van der Waals surface area contributed by atoms with Crippen molar-refractivity contribution in [2.24, 2.45) is 0 Å². The molecule has 1 aromatic heterocycles. The Morgan fingerprint density at radius 1 is 1.22 bits per heavy atom. The lowest BCUT2D eigenvalue weighted by atomic mass is 10.1. The molecule has 1 aliphatic rings. The molecule has 2 aromatic rings. The predicted octanol–water partition coefficient (Wildman–Crippen LogP) is 1.08. The van der Waals surface area contributed by atoms with Crippen molar-refractivity contribution in [2.75, 3.05) is 4.72 Å². The highest BCUT2D eigenvalue weighted by Crippen LogP contribution is 2.21. The van der Waals surface area contributed by atoms with Crippen LogP contribution in [0, 0.1) is 0 Å². The maximum atomic E-state index is 12.1. The maximum Gasteiger partial charge on any atom is 0.263 e. The molecular formula is C11H11N3O3S. The van der Waals surface area contributed by atoms with Gasteiger partial charge in [-0.15, -0.1) is 0 Å². The first-order valence-electron chi connectivity index (χ1n) is 5.41. The summed E-state index contributed by atoms with van der Waals surface area (Å²) < 4.78 is 31.1. The van der Waals surface area contributed by atoms with E-state index in [9.17, 15) is 8.42 Å². The van der Waals surface area contributed by atoms with Crippen molar-refractivity contribution in [2.45, 2.75) is 18.0 Å². The second-order valence-electron chi connectivity index (χ2n) is 4.02. The molecule has 0 aliphatic carbocycles. The van der Waals surface area contributed by atoms with E-state index in [4.69, 9.17) is 0 Å². The van der Waals surface area contributed by atoms with Gasteiger partial charge in [0, 0.05) is 19.2 Å². The second kappa shape index (κ2) is 4.11. The molecule has 3 rings (SSSR count). The molecule has 6 nitrogen and oxygen atoms in total. The summed E-state index contributed by atoms with van der Waals surface area (Å²) in [5.74, 6) is 0.175. The summed E-state index contributed by atoms with van der Waals surface area (Å²) >= 11 is 0. The number of rotatable bonds is 3. The van der Waals surface area contributed by atoms with E-state index in [1.165, 1.54) is 12.3 Å². The van der Waals surface area contributed by atoms with Gasteiger partial charge in [0.1, 0.15) is 6.26 Å². The average Bonchev–Trinajstić information content (AvgIpc) is 2.97. The quantitative estimate of drug-likeness (QED) is 0.867. The van der Waals surface area contributed by atoms with E-state index in [1.807, 2.05) is 6.07 Å². The summed E-state index contributed by atoms with van der Waals surface area (Å²) in [6, 6.07) is 6.55. The van der Waals surface area contributed by atoms with E-state index >= 15 is 0 Å². The highest BCUT2D eigenvalue weighted by molar-refractivity contribution is 7.92. The fourth-order valence-corrected chi connectivity index (χ4v) is 2.94. The highest BCUT2D eigenvalue weighted by atomic mass is 32.2. The minimum absolute atomic E-state index is 0.175. The molecule has 2 N–H and O–H groups in total. The van der Waals surface area contributed by atoms with Crippen molar-refractivity contribution >= 4 is 15.8 Å². The van der Waals surface area contributed by atoms with Crippen molar-refractivity contribution < 1.29 is 12.9 Å². The smallest absolute Gasteiger partial charge is 0.263 e. The lowest BCUT2D eigenvalue weighted by Gasteiger charge is -2.06. The van der Waals surface area contributed by atoms with Crippen molar-refractivity contribution in [1.29, 1.82) is 0 Å². The summed E-state index contributed by atoms with van der Waals surface area (Å²) in [5, 5.41) is 6.69. The molecule has 0 saturated heterocycles. The average molecular weight is 265 g/mol. The molecule has 7 heteroatoms. The van der Waals surface area contributed by atoms with Gasteiger partial charge in [-0.2, -0.15) is 0 Å². The Kier molecular flexibility index (Phi) is 2.57. The van der Waals surface area contributed by atoms with Gasteiger partial charge in [0.15, 0.2) is 5.82 Å². The van der Waals surface area contributed by atoms with Gasteiger partial charge < -0.3 is 9.84 Å². The summed E-state index contributed by atoms with van der Waals surface area (Å²) in [6.45, 7) is 1.48. The normalized spacial score (nSPS) is 14.4. The van der Waals surface area contributed by atoms with E-state index in [0.29, 0.717) is 6.54 Å². The zero-order valence-corrected chi connectivity index (χ0v) is 10.2. The Labute approximate surface area is 104 Å². The van der Waals surface area contributed by atoms with E-state index in [1.54, 1.807) is 12.1 Å². The number of aromatic nitrogens is 1. The van der Waals surface area contributed by atoms with Crippen molar-refractivity contribution in [3.8, 4) is 0 Å². The first kappa shape index (κ1) is 11.2. The van der Waals surface area contributed by atoms with E-state index < -0.39 is 10.0 Å². The molecule has 1 aromatic carbocycles. The number of hydrogen-bond acceptors (Lipinski definition) is 5. The van der Waals surface area contributed by atoms with Crippen LogP contribution in [0.2, 0.25) is 0 Å². The Balaban J connectivity index is 1.94. The molecule has 0 fully saturated rings. The van der Waals surface area contributed by atoms with Gasteiger partial charge in [0.05, 0.1) is 4.90 Å². The third-order valence-electron chi connectivity index (χ3n) is 2.80. The number of benzene rings is 1. The third kappa shape index (κ3) is 1.98. The Morgan fingerprint density at radius 2 is 2.06 bits per heavy atom. The molecule has 2 heterocycles. The van der Waals surface area contributed by atoms with Crippen LogP contribution in [0.4, 0.5) is 5.82 Å². The highest BCUT2D eigenvalue weighted by Gasteiger charge is 2.19. The number of nitrogens with one attached hydrogen (secondary N) is 2. The van der Waals surface area contributed by atoms with Gasteiger partial charge in [-0.3, -0.25) is 4.72 Å². The minimum Gasteiger partial charge on any atom is -0.363 e. The lowest BCUT2D eigenvalue weighted by molar-refractivity contribution is 0.423. The van der Waals surface area contributed by atoms with Crippen LogP contribution in [0.25, 0.3) is 0 Å². The summed E-state index contributed by atoms with van der Waals surface area (Å²) in [7, 11) is -3.61. The Hall–Kier alpha value is -1.86. The van der Waals surface area contributed by atoms with Crippen LogP contribution >= 0.6 is 0 Å². The van der Waals surface area contributed by atoms with E-state index in [-0.39, 0.29) is 10.7 Å². The molecule has 0 radical (unpaired) electrons. The third-order valence-corrected chi connectivity index (χ3v) is 4.15. The zero-order valence-electron chi connectivity index (χ0n) is 9.38. The molecule has 18 heavy (non-hydrogen) atoms. The van der Waals surface area contributed by atoms with Crippen LogP contribution in [0.5, 0.6) is 0 Å². The molecule has 0 spiro atoms. The number of hydrogen-bond donors (Lipinski definition) is 2. The fourth-order valence-electron chi connectivity index (χ4n) is 1.90. The van der Waals surface area contributed by atoms with Crippen molar-refractivity contribution in [3.63, 3.8) is 0 Å². The minimum atomic E-state index is -3.61. The van der Waals surface area contributed by atoms with E-state index in [0.717, 1.165) is 17.7 Å². The monoisotopic (exact) mass is 265 g/mol. The standard InChI is InChI=1S/C11H11N3O3S/c15-18(16,14-11-3-4-17-13-11)10-2-1-8-6-12-7-9(8)5-10/h1-5,12H,6-7H2,(H,13,14). The fraction of sp³-hybridized carbons (Fsp3) is 0.182. The first-order chi connectivity index (χ1) is 8.65. The molecule has 0 atom stereocenters. The van der Waals surface area contributed by atoms with Crippen LogP contribution < -0.4 is 10.0 Å². The molecule has 0 saturated carbocycles. The van der Waals surface area contributed by atoms with E-state index in [2.05, 4.69) is 19.7 Å². The molecule has 94 valence electrons. The topological polar surface area (TPSA) is 84.2 Å². The molecule has 1 aliphatic heterocycles. The predicted molar refractivity (Wildman–Crippen MR) is 64.3 cm³/mol. The Bertz CT molecular complexity index is 665. The van der Waals surface area contributed by atoms with Gasteiger partial charge in [-0.25, -0.2) is 8.42 Å². The first-order valence-corrected chi connectivity index (χ1v) is 6.89.